The zero-order valence-corrected chi connectivity index (χ0v) is 18.0. The largest absolute Gasteiger partial charge is 0.491 e. The summed E-state index contributed by atoms with van der Waals surface area (Å²) in [7, 11) is 0. The Hall–Kier alpha value is -3.25. The van der Waals surface area contributed by atoms with Gasteiger partial charge in [0, 0.05) is 44.6 Å². The van der Waals surface area contributed by atoms with Gasteiger partial charge in [-0.05, 0) is 61.9 Å². The molecule has 1 saturated heterocycles. The molecule has 4 aromatic rings. The van der Waals surface area contributed by atoms with E-state index in [2.05, 4.69) is 55.7 Å². The molecule has 0 spiro atoms. The van der Waals surface area contributed by atoms with Gasteiger partial charge in [0.15, 0.2) is 0 Å². The van der Waals surface area contributed by atoms with Gasteiger partial charge in [-0.15, -0.1) is 0 Å². The molecule has 0 atom stereocenters. The molecule has 3 heterocycles. The Bertz CT molecular complexity index is 1250. The molecule has 2 aromatic carbocycles. The first-order valence-corrected chi connectivity index (χ1v) is 10.9. The molecule has 6 heteroatoms. The summed E-state index contributed by atoms with van der Waals surface area (Å²) < 4.78 is 7.83. The zero-order valence-electron chi connectivity index (χ0n) is 18.0. The minimum atomic E-state index is -0.0359. The van der Waals surface area contributed by atoms with Gasteiger partial charge in [0.1, 0.15) is 11.4 Å². The van der Waals surface area contributed by atoms with Crippen LogP contribution in [0.4, 0.5) is 5.69 Å². The molecular formula is C25H28N4O2. The number of nitrogens with one attached hydrogen (secondary N) is 1. The van der Waals surface area contributed by atoms with E-state index < -0.39 is 0 Å². The second-order valence-corrected chi connectivity index (χ2v) is 8.50. The summed E-state index contributed by atoms with van der Waals surface area (Å²) in [5, 5.41) is 0.718. The molecule has 5 rings (SSSR count). The van der Waals surface area contributed by atoms with Crippen molar-refractivity contribution in [1.82, 2.24) is 14.3 Å². The Labute approximate surface area is 181 Å². The van der Waals surface area contributed by atoms with Gasteiger partial charge < -0.3 is 19.0 Å². The standard InChI is InChI=1S/C25H28N4O2/c1-18(2)31-21-9-7-20(8-10-21)28-13-11-27(12-14-28)16-19-15-24-26-25(30)22-5-3-4-6-23(22)29(24)17-19/h3-10,15,17-18H,11-14,16H2,1-2H3,(H,26,30). The number of anilines is 1. The van der Waals surface area contributed by atoms with Crippen molar-refractivity contribution in [3.63, 3.8) is 0 Å². The van der Waals surface area contributed by atoms with Gasteiger partial charge in [0.05, 0.1) is 17.0 Å². The van der Waals surface area contributed by atoms with Gasteiger partial charge in [-0.2, -0.15) is 0 Å². The third-order valence-corrected chi connectivity index (χ3v) is 5.88. The maximum Gasteiger partial charge on any atom is 0.258 e. The van der Waals surface area contributed by atoms with Crippen LogP contribution in [0.3, 0.4) is 0 Å². The minimum absolute atomic E-state index is 0.0359. The number of piperazine rings is 1. The average molecular weight is 417 g/mol. The zero-order chi connectivity index (χ0) is 21.4. The van der Waals surface area contributed by atoms with E-state index in [1.165, 1.54) is 11.3 Å². The summed E-state index contributed by atoms with van der Waals surface area (Å²) in [6.45, 7) is 8.98. The van der Waals surface area contributed by atoms with E-state index in [0.717, 1.165) is 55.0 Å². The summed E-state index contributed by atoms with van der Waals surface area (Å²) in [6.07, 6.45) is 2.34. The normalized spacial score (nSPS) is 15.3. The monoisotopic (exact) mass is 416 g/mol. The van der Waals surface area contributed by atoms with Crippen molar-refractivity contribution in [1.29, 1.82) is 0 Å². The lowest BCUT2D eigenvalue weighted by molar-refractivity contribution is 0.242. The van der Waals surface area contributed by atoms with Gasteiger partial charge in [0.25, 0.3) is 5.56 Å². The molecule has 6 nitrogen and oxygen atoms in total. The van der Waals surface area contributed by atoms with Crippen LogP contribution < -0.4 is 15.2 Å². The predicted octanol–water partition coefficient (Wildman–Crippen LogP) is 3.89. The fourth-order valence-corrected chi connectivity index (χ4v) is 4.39. The van der Waals surface area contributed by atoms with Crippen molar-refractivity contribution in [2.75, 3.05) is 31.1 Å². The first kappa shape index (κ1) is 19.7. The van der Waals surface area contributed by atoms with Crippen molar-refractivity contribution in [2.45, 2.75) is 26.5 Å². The van der Waals surface area contributed by atoms with Gasteiger partial charge in [-0.25, -0.2) is 0 Å². The Morgan fingerprint density at radius 1 is 1.00 bits per heavy atom. The smallest absolute Gasteiger partial charge is 0.258 e. The first-order valence-electron chi connectivity index (χ1n) is 10.9. The molecule has 0 bridgehead atoms. The highest BCUT2D eigenvalue weighted by molar-refractivity contribution is 5.80. The average Bonchev–Trinajstić information content (AvgIpc) is 3.17. The van der Waals surface area contributed by atoms with Crippen molar-refractivity contribution < 1.29 is 4.74 Å². The van der Waals surface area contributed by atoms with E-state index in [4.69, 9.17) is 4.74 Å². The highest BCUT2D eigenvalue weighted by Crippen LogP contribution is 2.22. The Morgan fingerprint density at radius 2 is 1.74 bits per heavy atom. The third-order valence-electron chi connectivity index (χ3n) is 5.88. The molecule has 0 aliphatic carbocycles. The Kier molecular flexibility index (Phi) is 5.16. The number of para-hydroxylation sites is 1. The SMILES string of the molecule is CC(C)Oc1ccc(N2CCN(Cc3cc4[nH]c(=O)c5ccccc5n4c3)CC2)cc1. The van der Waals surface area contributed by atoms with Crippen LogP contribution in [-0.2, 0) is 6.54 Å². The first-order chi connectivity index (χ1) is 15.1. The van der Waals surface area contributed by atoms with E-state index >= 15 is 0 Å². The topological polar surface area (TPSA) is 53.0 Å². The molecule has 0 unspecified atom stereocenters. The summed E-state index contributed by atoms with van der Waals surface area (Å²) in [5.74, 6) is 0.920. The van der Waals surface area contributed by atoms with Crippen LogP contribution in [0.2, 0.25) is 0 Å². The third kappa shape index (κ3) is 4.03. The van der Waals surface area contributed by atoms with Crippen LogP contribution in [0.5, 0.6) is 5.75 Å². The number of ether oxygens (including phenoxy) is 1. The maximum atomic E-state index is 12.3. The molecule has 31 heavy (non-hydrogen) atoms. The number of aromatic nitrogens is 2. The van der Waals surface area contributed by atoms with E-state index in [1.54, 1.807) is 0 Å². The van der Waals surface area contributed by atoms with Crippen LogP contribution in [0.15, 0.2) is 65.6 Å². The summed E-state index contributed by atoms with van der Waals surface area (Å²) in [5.41, 5.74) is 4.22. The van der Waals surface area contributed by atoms with Gasteiger partial charge in [0.2, 0.25) is 0 Å². The second-order valence-electron chi connectivity index (χ2n) is 8.50. The number of hydrogen-bond donors (Lipinski definition) is 1. The van der Waals surface area contributed by atoms with E-state index in [-0.39, 0.29) is 11.7 Å². The predicted molar refractivity (Wildman–Crippen MR) is 125 cm³/mol. The van der Waals surface area contributed by atoms with Gasteiger partial charge in [-0.3, -0.25) is 9.69 Å². The number of nitrogens with zero attached hydrogens (tertiary/aromatic N) is 3. The molecule has 0 saturated carbocycles. The molecule has 0 radical (unpaired) electrons. The molecule has 160 valence electrons. The van der Waals surface area contributed by atoms with Gasteiger partial charge >= 0.3 is 0 Å². The van der Waals surface area contributed by atoms with E-state index in [0.29, 0.717) is 0 Å². The van der Waals surface area contributed by atoms with Crippen LogP contribution >= 0.6 is 0 Å². The Balaban J connectivity index is 1.26. The number of benzene rings is 2. The number of H-pyrrole nitrogens is 1. The second kappa shape index (κ2) is 8.12. The molecule has 1 N–H and O–H groups in total. The van der Waals surface area contributed by atoms with Gasteiger partial charge in [-0.1, -0.05) is 12.1 Å². The molecule has 1 fully saturated rings. The lowest BCUT2D eigenvalue weighted by atomic mass is 10.2. The van der Waals surface area contributed by atoms with Crippen molar-refractivity contribution in [3.05, 3.63) is 76.7 Å². The van der Waals surface area contributed by atoms with Crippen molar-refractivity contribution in [2.24, 2.45) is 0 Å². The summed E-state index contributed by atoms with van der Waals surface area (Å²) in [6, 6.07) is 18.2. The lowest BCUT2D eigenvalue weighted by Crippen LogP contribution is -2.45. The van der Waals surface area contributed by atoms with Crippen molar-refractivity contribution >= 4 is 22.2 Å². The molecular weight excluding hydrogens is 388 g/mol. The molecule has 2 aromatic heterocycles. The number of hydrogen-bond acceptors (Lipinski definition) is 4. The van der Waals surface area contributed by atoms with Crippen LogP contribution in [0.25, 0.3) is 16.6 Å². The molecule has 1 aliphatic heterocycles. The van der Waals surface area contributed by atoms with Crippen molar-refractivity contribution in [3.8, 4) is 5.75 Å². The quantitative estimate of drug-likeness (QED) is 0.536. The fraction of sp³-hybridized carbons (Fsp3) is 0.320. The number of aromatic amines is 1. The lowest BCUT2D eigenvalue weighted by Gasteiger charge is -2.36. The fourth-order valence-electron chi connectivity index (χ4n) is 4.39. The van der Waals surface area contributed by atoms with Crippen LogP contribution in [-0.4, -0.2) is 46.6 Å². The summed E-state index contributed by atoms with van der Waals surface area (Å²) >= 11 is 0. The summed E-state index contributed by atoms with van der Waals surface area (Å²) in [4.78, 5) is 20.3. The molecule has 0 amide bonds. The highest BCUT2D eigenvalue weighted by atomic mass is 16.5. The van der Waals surface area contributed by atoms with E-state index in [9.17, 15) is 4.79 Å². The highest BCUT2D eigenvalue weighted by Gasteiger charge is 2.18. The number of rotatable bonds is 5. The minimum Gasteiger partial charge on any atom is -0.491 e. The van der Waals surface area contributed by atoms with Crippen LogP contribution in [0.1, 0.15) is 19.4 Å². The van der Waals surface area contributed by atoms with E-state index in [1.807, 2.05) is 38.1 Å². The maximum absolute atomic E-state index is 12.3. The number of fused-ring (bicyclic) bond motifs is 3. The van der Waals surface area contributed by atoms with Crippen LogP contribution in [0, 0.1) is 0 Å². The Morgan fingerprint density at radius 3 is 2.48 bits per heavy atom. The molecule has 1 aliphatic rings.